The number of hydrogen-bond donors (Lipinski definition) is 2. The van der Waals surface area contributed by atoms with Crippen molar-refractivity contribution in [2.45, 2.75) is 72.6 Å². The predicted molar refractivity (Wildman–Crippen MR) is 91.9 cm³/mol. The Bertz CT molecular complexity index is 463. The van der Waals surface area contributed by atoms with Crippen molar-refractivity contribution in [1.29, 1.82) is 0 Å². The molecule has 1 heterocycles. The van der Waals surface area contributed by atoms with Gasteiger partial charge in [0.05, 0.1) is 6.04 Å². The SMILES string of the molecule is C/C=C1\CN[C@H](C(=O)N[C@@H](CC(C)C)C(=O)OC(C)(C)C)[C@@H]1C. The molecule has 0 unspecified atom stereocenters. The minimum absolute atomic E-state index is 0.133. The van der Waals surface area contributed by atoms with Gasteiger partial charge in [-0.05, 0) is 40.0 Å². The van der Waals surface area contributed by atoms with Crippen LogP contribution < -0.4 is 10.6 Å². The standard InChI is InChI=1S/C18H32N2O3/c1-8-13-10-19-15(12(13)4)16(21)20-14(9-11(2)3)17(22)23-18(5,6)7/h8,11-12,14-15,19H,9-10H2,1-7H3,(H,20,21)/b13-8+/t12-,14+,15+/m1/s1. The van der Waals surface area contributed by atoms with Crippen molar-refractivity contribution in [3.63, 3.8) is 0 Å². The van der Waals surface area contributed by atoms with Gasteiger partial charge in [0, 0.05) is 12.5 Å². The van der Waals surface area contributed by atoms with E-state index in [-0.39, 0.29) is 29.8 Å². The van der Waals surface area contributed by atoms with Crippen LogP contribution in [-0.2, 0) is 14.3 Å². The van der Waals surface area contributed by atoms with E-state index >= 15 is 0 Å². The maximum atomic E-state index is 12.6. The van der Waals surface area contributed by atoms with Crippen molar-refractivity contribution in [3.8, 4) is 0 Å². The molecule has 1 fully saturated rings. The Labute approximate surface area is 140 Å². The molecule has 0 bridgehead atoms. The predicted octanol–water partition coefficient (Wildman–Crippen LogP) is 2.41. The summed E-state index contributed by atoms with van der Waals surface area (Å²) < 4.78 is 5.45. The summed E-state index contributed by atoms with van der Waals surface area (Å²) in [6.07, 6.45) is 2.61. The summed E-state index contributed by atoms with van der Waals surface area (Å²) in [5, 5.41) is 6.11. The van der Waals surface area contributed by atoms with E-state index in [1.165, 1.54) is 5.57 Å². The van der Waals surface area contributed by atoms with E-state index in [1.54, 1.807) is 0 Å². The molecule has 132 valence electrons. The van der Waals surface area contributed by atoms with Crippen LogP contribution in [0.15, 0.2) is 11.6 Å². The van der Waals surface area contributed by atoms with Crippen LogP contribution in [0.5, 0.6) is 0 Å². The lowest BCUT2D eigenvalue weighted by Gasteiger charge is -2.27. The Morgan fingerprint density at radius 2 is 2.00 bits per heavy atom. The fourth-order valence-electron chi connectivity index (χ4n) is 2.78. The molecule has 1 rings (SSSR count). The third kappa shape index (κ3) is 5.98. The maximum Gasteiger partial charge on any atom is 0.329 e. The van der Waals surface area contributed by atoms with E-state index in [9.17, 15) is 9.59 Å². The second kappa shape index (κ2) is 7.95. The van der Waals surface area contributed by atoms with Gasteiger partial charge in [0.25, 0.3) is 0 Å². The summed E-state index contributed by atoms with van der Waals surface area (Å²) in [4.78, 5) is 24.9. The molecule has 3 atom stereocenters. The van der Waals surface area contributed by atoms with Gasteiger partial charge >= 0.3 is 5.97 Å². The number of esters is 1. The van der Waals surface area contributed by atoms with Crippen LogP contribution in [0.1, 0.15) is 54.9 Å². The van der Waals surface area contributed by atoms with Crippen molar-refractivity contribution in [2.24, 2.45) is 11.8 Å². The summed E-state index contributed by atoms with van der Waals surface area (Å²) in [7, 11) is 0. The zero-order chi connectivity index (χ0) is 17.8. The highest BCUT2D eigenvalue weighted by atomic mass is 16.6. The molecule has 0 spiro atoms. The molecule has 2 N–H and O–H groups in total. The van der Waals surface area contributed by atoms with Crippen molar-refractivity contribution in [1.82, 2.24) is 10.6 Å². The highest BCUT2D eigenvalue weighted by Crippen LogP contribution is 2.21. The monoisotopic (exact) mass is 324 g/mol. The maximum absolute atomic E-state index is 12.6. The van der Waals surface area contributed by atoms with Gasteiger partial charge in [-0.25, -0.2) is 4.79 Å². The van der Waals surface area contributed by atoms with Gasteiger partial charge in [0.1, 0.15) is 11.6 Å². The van der Waals surface area contributed by atoms with Crippen LogP contribution in [0.25, 0.3) is 0 Å². The van der Waals surface area contributed by atoms with Gasteiger partial charge in [0.2, 0.25) is 5.91 Å². The van der Waals surface area contributed by atoms with Crippen molar-refractivity contribution >= 4 is 11.9 Å². The number of nitrogens with one attached hydrogen (secondary N) is 2. The Morgan fingerprint density at radius 3 is 2.43 bits per heavy atom. The van der Waals surface area contributed by atoms with Crippen LogP contribution in [0.3, 0.4) is 0 Å². The molecule has 1 amide bonds. The molecule has 23 heavy (non-hydrogen) atoms. The molecule has 5 nitrogen and oxygen atoms in total. The summed E-state index contributed by atoms with van der Waals surface area (Å²) in [5.41, 5.74) is 0.663. The van der Waals surface area contributed by atoms with Gasteiger partial charge in [-0.2, -0.15) is 0 Å². The molecular formula is C18H32N2O3. The molecule has 0 aliphatic carbocycles. The fourth-order valence-corrected chi connectivity index (χ4v) is 2.78. The number of hydrogen-bond acceptors (Lipinski definition) is 4. The lowest BCUT2D eigenvalue weighted by Crippen LogP contribution is -2.51. The zero-order valence-corrected chi connectivity index (χ0v) is 15.5. The smallest absolute Gasteiger partial charge is 0.329 e. The van der Waals surface area contributed by atoms with E-state index in [0.717, 1.165) is 6.54 Å². The highest BCUT2D eigenvalue weighted by molar-refractivity contribution is 5.88. The normalized spacial score (nSPS) is 24.8. The Hall–Kier alpha value is -1.36. The molecule has 5 heteroatoms. The molecule has 0 aromatic carbocycles. The summed E-state index contributed by atoms with van der Waals surface area (Å²) in [6.45, 7) is 14.3. The second-order valence-electron chi connectivity index (χ2n) is 7.74. The first-order valence-corrected chi connectivity index (χ1v) is 8.46. The number of ether oxygens (including phenoxy) is 1. The fraction of sp³-hybridized carbons (Fsp3) is 0.778. The molecule has 0 radical (unpaired) electrons. The van der Waals surface area contributed by atoms with E-state index in [0.29, 0.717) is 6.42 Å². The van der Waals surface area contributed by atoms with Crippen LogP contribution in [0, 0.1) is 11.8 Å². The van der Waals surface area contributed by atoms with E-state index in [4.69, 9.17) is 4.74 Å². The Morgan fingerprint density at radius 1 is 1.39 bits per heavy atom. The van der Waals surface area contributed by atoms with Gasteiger partial charge in [0.15, 0.2) is 0 Å². The van der Waals surface area contributed by atoms with E-state index < -0.39 is 11.6 Å². The Balaban J connectivity index is 2.77. The highest BCUT2D eigenvalue weighted by Gasteiger charge is 2.35. The van der Waals surface area contributed by atoms with Gasteiger partial charge in [-0.3, -0.25) is 4.79 Å². The molecule has 0 aromatic heterocycles. The van der Waals surface area contributed by atoms with E-state index in [2.05, 4.69) is 10.6 Å². The van der Waals surface area contributed by atoms with Crippen LogP contribution in [-0.4, -0.2) is 36.1 Å². The Kier molecular flexibility index (Phi) is 6.81. The molecule has 0 saturated carbocycles. The third-order valence-electron chi connectivity index (χ3n) is 3.98. The molecule has 0 aromatic rings. The lowest BCUT2D eigenvalue weighted by atomic mass is 9.96. The molecule has 1 saturated heterocycles. The summed E-state index contributed by atoms with van der Waals surface area (Å²) >= 11 is 0. The number of amides is 1. The number of carbonyl (C=O) groups excluding carboxylic acids is 2. The van der Waals surface area contributed by atoms with Crippen LogP contribution >= 0.6 is 0 Å². The zero-order valence-electron chi connectivity index (χ0n) is 15.5. The first-order chi connectivity index (χ1) is 10.5. The summed E-state index contributed by atoms with van der Waals surface area (Å²) in [6, 6.07) is -0.899. The quantitative estimate of drug-likeness (QED) is 0.602. The molecule has 1 aliphatic rings. The van der Waals surface area contributed by atoms with E-state index in [1.807, 2.05) is 54.5 Å². The molecular weight excluding hydrogens is 292 g/mol. The number of allylic oxidation sites excluding steroid dienone is 1. The third-order valence-corrected chi connectivity index (χ3v) is 3.98. The largest absolute Gasteiger partial charge is 0.458 e. The van der Waals surface area contributed by atoms with Crippen LogP contribution in [0.2, 0.25) is 0 Å². The lowest BCUT2D eigenvalue weighted by molar-refractivity contribution is -0.159. The average Bonchev–Trinajstić information content (AvgIpc) is 2.76. The number of rotatable bonds is 5. The first-order valence-electron chi connectivity index (χ1n) is 8.46. The molecule has 1 aliphatic heterocycles. The van der Waals surface area contributed by atoms with Gasteiger partial charge < -0.3 is 15.4 Å². The second-order valence-corrected chi connectivity index (χ2v) is 7.74. The van der Waals surface area contributed by atoms with Crippen molar-refractivity contribution < 1.29 is 14.3 Å². The number of carbonyl (C=O) groups is 2. The minimum Gasteiger partial charge on any atom is -0.458 e. The first kappa shape index (κ1) is 19.7. The topological polar surface area (TPSA) is 67.4 Å². The van der Waals surface area contributed by atoms with Crippen molar-refractivity contribution in [3.05, 3.63) is 11.6 Å². The average molecular weight is 324 g/mol. The van der Waals surface area contributed by atoms with Gasteiger partial charge in [-0.1, -0.05) is 32.4 Å². The summed E-state index contributed by atoms with van der Waals surface area (Å²) in [5.74, 6) is -0.0754. The minimum atomic E-state index is -0.606. The van der Waals surface area contributed by atoms with Crippen LogP contribution in [0.4, 0.5) is 0 Å². The van der Waals surface area contributed by atoms with Crippen molar-refractivity contribution in [2.75, 3.05) is 6.54 Å². The van der Waals surface area contributed by atoms with Gasteiger partial charge in [-0.15, -0.1) is 0 Å².